The van der Waals surface area contributed by atoms with Gasteiger partial charge in [0.1, 0.15) is 28.1 Å². The lowest BCUT2D eigenvalue weighted by Gasteiger charge is -2.09. The highest BCUT2D eigenvalue weighted by Gasteiger charge is 2.14. The van der Waals surface area contributed by atoms with E-state index < -0.39 is 0 Å². The first-order valence-electron chi connectivity index (χ1n) is 8.33. The van der Waals surface area contributed by atoms with Crippen molar-refractivity contribution in [3.8, 4) is 22.8 Å². The molecule has 0 spiro atoms. The summed E-state index contributed by atoms with van der Waals surface area (Å²) in [4.78, 5) is 21.2. The molecule has 0 amide bonds. The van der Waals surface area contributed by atoms with Crippen molar-refractivity contribution in [3.05, 3.63) is 81.6 Å². The first kappa shape index (κ1) is 17.2. The van der Waals surface area contributed by atoms with Gasteiger partial charge in [0.25, 0.3) is 0 Å². The molecule has 0 aliphatic heterocycles. The topological polar surface area (TPSA) is 65.2 Å². The molecule has 0 atom stereocenters. The summed E-state index contributed by atoms with van der Waals surface area (Å²) in [5, 5.41) is 0.789. The summed E-state index contributed by atoms with van der Waals surface area (Å²) in [5.74, 6) is 1.88. The average molecular weight is 379 g/mol. The van der Waals surface area contributed by atoms with Crippen LogP contribution in [0.4, 0.5) is 0 Å². The van der Waals surface area contributed by atoms with E-state index >= 15 is 0 Å². The van der Waals surface area contributed by atoms with E-state index in [-0.39, 0.29) is 5.43 Å². The number of rotatable bonds is 3. The zero-order valence-electron chi connectivity index (χ0n) is 14.7. The Morgan fingerprint density at radius 1 is 1.00 bits per heavy atom. The molecule has 4 aromatic rings. The molecule has 4 rings (SSSR count). The highest BCUT2D eigenvalue weighted by atomic mass is 35.5. The zero-order chi connectivity index (χ0) is 19.0. The van der Waals surface area contributed by atoms with Crippen molar-refractivity contribution in [3.63, 3.8) is 0 Å². The molecule has 5 nitrogen and oxygen atoms in total. The molecule has 2 heterocycles. The Labute approximate surface area is 160 Å². The van der Waals surface area contributed by atoms with Crippen LogP contribution in [0, 0.1) is 13.8 Å². The monoisotopic (exact) mass is 378 g/mol. The highest BCUT2D eigenvalue weighted by molar-refractivity contribution is 6.29. The Bertz CT molecular complexity index is 1180. The summed E-state index contributed by atoms with van der Waals surface area (Å²) in [6, 6.07) is 16.1. The van der Waals surface area contributed by atoms with Gasteiger partial charge in [-0.2, -0.15) is 4.98 Å². The summed E-state index contributed by atoms with van der Waals surface area (Å²) < 4.78 is 11.7. The summed E-state index contributed by atoms with van der Waals surface area (Å²) >= 11 is 5.94. The van der Waals surface area contributed by atoms with Gasteiger partial charge in [-0.3, -0.25) is 4.79 Å². The van der Waals surface area contributed by atoms with Gasteiger partial charge >= 0.3 is 0 Å². The van der Waals surface area contributed by atoms with Gasteiger partial charge in [-0.1, -0.05) is 41.9 Å². The van der Waals surface area contributed by atoms with Crippen LogP contribution in [0.3, 0.4) is 0 Å². The molecule has 0 bridgehead atoms. The van der Waals surface area contributed by atoms with E-state index in [9.17, 15) is 4.79 Å². The third-order valence-corrected chi connectivity index (χ3v) is 4.30. The molecule has 0 unspecified atom stereocenters. The lowest BCUT2D eigenvalue weighted by molar-refractivity contribution is 0.458. The Morgan fingerprint density at radius 2 is 1.78 bits per heavy atom. The van der Waals surface area contributed by atoms with Gasteiger partial charge < -0.3 is 9.15 Å². The van der Waals surface area contributed by atoms with E-state index in [4.69, 9.17) is 20.8 Å². The fourth-order valence-corrected chi connectivity index (χ4v) is 3.18. The molecule has 134 valence electrons. The molecule has 0 radical (unpaired) electrons. The fourth-order valence-electron chi connectivity index (χ4n) is 2.97. The lowest BCUT2D eigenvalue weighted by atomic mass is 10.0. The minimum Gasteiger partial charge on any atom is -0.460 e. The summed E-state index contributed by atoms with van der Waals surface area (Å²) in [5.41, 5.74) is 1.77. The standard InChI is InChI=1S/C21H15ClN2O3/c1-12-20(14-6-4-3-5-7-14)21(25)16-9-8-15(10-17(16)26-12)27-19-11-18(22)23-13(2)24-19/h3-11H,1-2H3. The minimum absolute atomic E-state index is 0.0765. The van der Waals surface area contributed by atoms with Crippen LogP contribution in [0.15, 0.2) is 63.8 Å². The second-order valence-corrected chi connectivity index (χ2v) is 6.45. The largest absolute Gasteiger partial charge is 0.460 e. The van der Waals surface area contributed by atoms with Crippen LogP contribution in [0.5, 0.6) is 11.6 Å². The molecule has 27 heavy (non-hydrogen) atoms. The van der Waals surface area contributed by atoms with Gasteiger partial charge in [0.15, 0.2) is 0 Å². The van der Waals surface area contributed by atoms with Gasteiger partial charge in [0.05, 0.1) is 10.9 Å². The zero-order valence-corrected chi connectivity index (χ0v) is 15.4. The Balaban J connectivity index is 1.79. The molecule has 0 saturated carbocycles. The number of hydrogen-bond donors (Lipinski definition) is 0. The van der Waals surface area contributed by atoms with E-state index in [1.807, 2.05) is 30.3 Å². The van der Waals surface area contributed by atoms with Crippen LogP contribution >= 0.6 is 11.6 Å². The second-order valence-electron chi connectivity index (χ2n) is 6.06. The van der Waals surface area contributed by atoms with E-state index in [2.05, 4.69) is 9.97 Å². The molecule has 0 N–H and O–H groups in total. The van der Waals surface area contributed by atoms with Crippen molar-refractivity contribution in [1.82, 2.24) is 9.97 Å². The molecule has 2 aromatic carbocycles. The number of halogens is 1. The molecule has 2 aromatic heterocycles. The molecule has 0 saturated heterocycles. The normalized spacial score (nSPS) is 10.9. The highest BCUT2D eigenvalue weighted by Crippen LogP contribution is 2.28. The van der Waals surface area contributed by atoms with E-state index in [0.29, 0.717) is 44.9 Å². The third kappa shape index (κ3) is 3.41. The molecular weight excluding hydrogens is 364 g/mol. The predicted octanol–water partition coefficient (Wildman–Crippen LogP) is 5.31. The molecule has 0 fully saturated rings. The summed E-state index contributed by atoms with van der Waals surface area (Å²) in [6.07, 6.45) is 0. The summed E-state index contributed by atoms with van der Waals surface area (Å²) in [6.45, 7) is 3.51. The molecular formula is C21H15ClN2O3. The van der Waals surface area contributed by atoms with E-state index in [1.54, 1.807) is 32.0 Å². The van der Waals surface area contributed by atoms with Crippen molar-refractivity contribution in [2.45, 2.75) is 13.8 Å². The SMILES string of the molecule is Cc1nc(Cl)cc(Oc2ccc3c(=O)c(-c4ccccc4)c(C)oc3c2)n1. The van der Waals surface area contributed by atoms with Gasteiger partial charge in [0, 0.05) is 12.1 Å². The van der Waals surface area contributed by atoms with Crippen molar-refractivity contribution >= 4 is 22.6 Å². The minimum atomic E-state index is -0.0765. The first-order chi connectivity index (χ1) is 13.0. The van der Waals surface area contributed by atoms with E-state index in [0.717, 1.165) is 5.56 Å². The number of nitrogens with zero attached hydrogens (tertiary/aromatic N) is 2. The Morgan fingerprint density at radius 3 is 2.52 bits per heavy atom. The van der Waals surface area contributed by atoms with Crippen LogP contribution in [-0.2, 0) is 0 Å². The van der Waals surface area contributed by atoms with Crippen molar-refractivity contribution in [2.75, 3.05) is 0 Å². The van der Waals surface area contributed by atoms with Crippen LogP contribution in [0.2, 0.25) is 5.15 Å². The maximum atomic E-state index is 13.0. The maximum Gasteiger partial charge on any atom is 0.224 e. The number of aromatic nitrogens is 2. The second kappa shape index (κ2) is 6.85. The van der Waals surface area contributed by atoms with E-state index in [1.165, 1.54) is 6.07 Å². The van der Waals surface area contributed by atoms with Crippen LogP contribution < -0.4 is 10.2 Å². The smallest absolute Gasteiger partial charge is 0.224 e. The predicted molar refractivity (Wildman–Crippen MR) is 105 cm³/mol. The first-order valence-corrected chi connectivity index (χ1v) is 8.71. The van der Waals surface area contributed by atoms with Crippen molar-refractivity contribution < 1.29 is 9.15 Å². The van der Waals surface area contributed by atoms with Crippen molar-refractivity contribution in [2.24, 2.45) is 0 Å². The fraction of sp³-hybridized carbons (Fsp3) is 0.0952. The number of ether oxygens (including phenoxy) is 1. The summed E-state index contributed by atoms with van der Waals surface area (Å²) in [7, 11) is 0. The van der Waals surface area contributed by atoms with Crippen LogP contribution in [-0.4, -0.2) is 9.97 Å². The Kier molecular flexibility index (Phi) is 4.38. The van der Waals surface area contributed by atoms with Crippen molar-refractivity contribution in [1.29, 1.82) is 0 Å². The van der Waals surface area contributed by atoms with Gasteiger partial charge in [-0.05, 0) is 31.5 Å². The third-order valence-electron chi connectivity index (χ3n) is 4.11. The molecule has 0 aliphatic rings. The average Bonchev–Trinajstić information content (AvgIpc) is 2.61. The van der Waals surface area contributed by atoms with Crippen LogP contribution in [0.1, 0.15) is 11.6 Å². The Hall–Kier alpha value is -3.18. The number of hydrogen-bond acceptors (Lipinski definition) is 5. The molecule has 0 aliphatic carbocycles. The number of fused-ring (bicyclic) bond motifs is 1. The molecule has 6 heteroatoms. The maximum absolute atomic E-state index is 13.0. The van der Waals surface area contributed by atoms with Crippen LogP contribution in [0.25, 0.3) is 22.1 Å². The number of benzene rings is 2. The quantitative estimate of drug-likeness (QED) is 0.452. The van der Waals surface area contributed by atoms with Gasteiger partial charge in [0.2, 0.25) is 11.3 Å². The lowest BCUT2D eigenvalue weighted by Crippen LogP contribution is -2.07. The van der Waals surface area contributed by atoms with Gasteiger partial charge in [-0.15, -0.1) is 0 Å². The number of aryl methyl sites for hydroxylation is 2. The van der Waals surface area contributed by atoms with Gasteiger partial charge in [-0.25, -0.2) is 4.98 Å².